The molecule has 0 aromatic heterocycles. The molecule has 272 valence electrons. The van der Waals surface area contributed by atoms with Crippen LogP contribution in [0, 0.1) is 11.8 Å². The quantitative estimate of drug-likeness (QED) is 0.0984. The molecule has 1 N–H and O–H groups in total. The number of hydrogen-bond donors (Lipinski definition) is 1. The highest BCUT2D eigenvalue weighted by molar-refractivity contribution is 9.09. The lowest BCUT2D eigenvalue weighted by Gasteiger charge is -2.26. The zero-order valence-electron chi connectivity index (χ0n) is 30.2. The lowest BCUT2D eigenvalue weighted by Crippen LogP contribution is -2.33. The summed E-state index contributed by atoms with van der Waals surface area (Å²) in [7, 11) is 2.83. The van der Waals surface area contributed by atoms with Gasteiger partial charge in [0.05, 0.1) is 14.2 Å². The molecule has 0 aliphatic carbocycles. The number of likely N-dealkylation sites (tertiary alicyclic amines) is 1. The fourth-order valence-corrected chi connectivity index (χ4v) is 6.86. The number of ether oxygens (including phenoxy) is 2. The Bertz CT molecular complexity index is 1220. The number of esters is 2. The fourth-order valence-electron chi connectivity index (χ4n) is 6.37. The molecule has 2 heterocycles. The lowest BCUT2D eigenvalue weighted by atomic mass is 9.99. The molecule has 0 bridgehead atoms. The number of benzene rings is 2. The van der Waals surface area contributed by atoms with Crippen molar-refractivity contribution in [2.24, 2.45) is 11.8 Å². The van der Waals surface area contributed by atoms with Crippen molar-refractivity contribution in [1.82, 2.24) is 10.2 Å². The van der Waals surface area contributed by atoms with Gasteiger partial charge in [0.2, 0.25) is 0 Å². The third-order valence-corrected chi connectivity index (χ3v) is 10.1. The van der Waals surface area contributed by atoms with E-state index in [4.69, 9.17) is 4.74 Å². The van der Waals surface area contributed by atoms with Gasteiger partial charge in [0.25, 0.3) is 0 Å². The molecule has 4 rings (SSSR count). The minimum Gasteiger partial charge on any atom is -0.468 e. The van der Waals surface area contributed by atoms with Crippen LogP contribution in [0.1, 0.15) is 113 Å². The number of ketones is 2. The zero-order valence-corrected chi connectivity index (χ0v) is 31.8. The number of nitrogens with zero attached hydrogens (tertiary/aromatic N) is 1. The van der Waals surface area contributed by atoms with Crippen molar-refractivity contribution in [2.75, 3.05) is 40.4 Å². The van der Waals surface area contributed by atoms with E-state index in [1.165, 1.54) is 65.8 Å². The Morgan fingerprint density at radius 3 is 1.76 bits per heavy atom. The van der Waals surface area contributed by atoms with E-state index in [1.54, 1.807) is 13.8 Å². The summed E-state index contributed by atoms with van der Waals surface area (Å²) in [6, 6.07) is 19.0. The molecule has 0 radical (unpaired) electrons. The molecule has 9 heteroatoms. The number of unbranched alkanes of at least 4 members (excludes halogenated alkanes) is 4. The third-order valence-electron chi connectivity index (χ3n) is 9.17. The van der Waals surface area contributed by atoms with Crippen LogP contribution in [0.5, 0.6) is 0 Å². The van der Waals surface area contributed by atoms with E-state index in [9.17, 15) is 19.2 Å². The Morgan fingerprint density at radius 1 is 0.735 bits per heavy atom. The summed E-state index contributed by atoms with van der Waals surface area (Å²) < 4.78 is 9.62. The van der Waals surface area contributed by atoms with E-state index in [-0.39, 0.29) is 28.6 Å². The second-order valence-corrected chi connectivity index (χ2v) is 14.2. The van der Waals surface area contributed by atoms with Gasteiger partial charge in [-0.2, -0.15) is 0 Å². The maximum Gasteiger partial charge on any atom is 0.327 e. The van der Waals surface area contributed by atoms with Gasteiger partial charge in [-0.25, -0.2) is 4.79 Å². The van der Waals surface area contributed by atoms with E-state index >= 15 is 0 Å². The van der Waals surface area contributed by atoms with Gasteiger partial charge < -0.3 is 24.4 Å². The summed E-state index contributed by atoms with van der Waals surface area (Å²) in [6.07, 6.45) is 13.4. The number of alkyl halides is 1. The molecule has 2 unspecified atom stereocenters. The van der Waals surface area contributed by atoms with Gasteiger partial charge in [0, 0.05) is 19.4 Å². The van der Waals surface area contributed by atoms with E-state index in [2.05, 4.69) is 30.9 Å². The van der Waals surface area contributed by atoms with Crippen LogP contribution in [0.15, 0.2) is 60.7 Å². The molecule has 0 saturated carbocycles. The first kappa shape index (κ1) is 42.3. The highest BCUT2D eigenvalue weighted by Gasteiger charge is 2.34. The third kappa shape index (κ3) is 17.6. The van der Waals surface area contributed by atoms with Gasteiger partial charge in [0.15, 0.2) is 0 Å². The summed E-state index contributed by atoms with van der Waals surface area (Å²) in [5, 5.41) is 3.38. The number of Topliss-reactive ketones (excluding diaryl/α,β-unsaturated/α-hetero) is 2. The summed E-state index contributed by atoms with van der Waals surface area (Å²) in [4.78, 5) is 46.8. The summed E-state index contributed by atoms with van der Waals surface area (Å²) in [5.41, 5.74) is 1.91. The summed E-state index contributed by atoms with van der Waals surface area (Å²) in [5.74, 6) is 1.72. The second kappa shape index (κ2) is 25.1. The predicted octanol–water partition coefficient (Wildman–Crippen LogP) is 8.19. The predicted molar refractivity (Wildman–Crippen MR) is 200 cm³/mol. The SMILES string of the molecule is CC(=O)CCCCC[C@@H]1CCNC1.COC(=O)C(Br)c1ccccc1.COC(=O)C(c1ccccc1)N1CC[C@@H](CCCCCC(C)=O)C1. The smallest absolute Gasteiger partial charge is 0.327 e. The van der Waals surface area contributed by atoms with Crippen LogP contribution in [0.4, 0.5) is 0 Å². The van der Waals surface area contributed by atoms with Crippen molar-refractivity contribution in [3.63, 3.8) is 0 Å². The molecule has 4 atom stereocenters. The summed E-state index contributed by atoms with van der Waals surface area (Å²) in [6.45, 7) is 7.64. The van der Waals surface area contributed by atoms with Crippen LogP contribution < -0.4 is 5.32 Å². The molecule has 49 heavy (non-hydrogen) atoms. The Hall–Kier alpha value is -2.88. The van der Waals surface area contributed by atoms with Crippen LogP contribution in [-0.4, -0.2) is 68.8 Å². The first-order chi connectivity index (χ1) is 23.7. The van der Waals surface area contributed by atoms with Crippen molar-refractivity contribution < 1.29 is 28.7 Å². The summed E-state index contributed by atoms with van der Waals surface area (Å²) >= 11 is 3.24. The Labute approximate surface area is 303 Å². The van der Waals surface area contributed by atoms with E-state index in [0.717, 1.165) is 62.2 Å². The van der Waals surface area contributed by atoms with Crippen molar-refractivity contribution in [3.05, 3.63) is 71.8 Å². The average molecular weight is 744 g/mol. The maximum atomic E-state index is 12.3. The molecule has 2 aromatic rings. The minimum absolute atomic E-state index is 0.177. The zero-order chi connectivity index (χ0) is 35.9. The number of nitrogens with one attached hydrogen (secondary N) is 1. The first-order valence-corrected chi connectivity index (χ1v) is 18.9. The van der Waals surface area contributed by atoms with Gasteiger partial charge in [-0.1, -0.05) is 102 Å². The van der Waals surface area contributed by atoms with Gasteiger partial charge >= 0.3 is 11.9 Å². The molecule has 2 fully saturated rings. The number of halogens is 1. The monoisotopic (exact) mass is 742 g/mol. The van der Waals surface area contributed by atoms with Crippen LogP contribution in [-0.2, 0) is 28.7 Å². The van der Waals surface area contributed by atoms with Gasteiger partial charge in [-0.3, -0.25) is 9.69 Å². The van der Waals surface area contributed by atoms with Crippen molar-refractivity contribution in [3.8, 4) is 0 Å². The van der Waals surface area contributed by atoms with Gasteiger partial charge in [-0.05, 0) is 95.0 Å². The standard InChI is InChI=1S/C20H29NO3.C11H21NO.C9H9BrO2/c1-16(22)9-5-3-6-10-17-13-14-21(15-17)19(20(23)24-2)18-11-7-4-8-12-18;1-10(13)5-3-2-4-6-11-7-8-12-9-11;1-12-9(11)8(10)7-5-3-2-4-6-7/h4,7-8,11-12,17,19H,3,5-6,9-10,13-15H2,1-2H3;11-12H,2-9H2,1H3;2-6,8H,1H3/t17-,19?;11-;/m11./s1. The Kier molecular flexibility index (Phi) is 21.7. The number of hydrogen-bond acceptors (Lipinski definition) is 8. The number of methoxy groups -OCH3 is 2. The topological polar surface area (TPSA) is 102 Å². The minimum atomic E-state index is -0.358. The second-order valence-electron chi connectivity index (χ2n) is 13.2. The molecule has 2 saturated heterocycles. The fraction of sp³-hybridized carbons (Fsp3) is 0.600. The highest BCUT2D eigenvalue weighted by Crippen LogP contribution is 2.31. The van der Waals surface area contributed by atoms with Crippen molar-refractivity contribution in [1.29, 1.82) is 0 Å². The molecule has 2 aromatic carbocycles. The van der Waals surface area contributed by atoms with Crippen molar-refractivity contribution in [2.45, 2.75) is 102 Å². The van der Waals surface area contributed by atoms with Crippen LogP contribution >= 0.6 is 15.9 Å². The van der Waals surface area contributed by atoms with E-state index < -0.39 is 0 Å². The van der Waals surface area contributed by atoms with Crippen molar-refractivity contribution >= 4 is 39.4 Å². The van der Waals surface area contributed by atoms with Crippen LogP contribution in [0.25, 0.3) is 0 Å². The molecule has 0 amide bonds. The molecular weight excluding hydrogens is 684 g/mol. The van der Waals surface area contributed by atoms with Crippen LogP contribution in [0.3, 0.4) is 0 Å². The van der Waals surface area contributed by atoms with Gasteiger partial charge in [-0.15, -0.1) is 0 Å². The lowest BCUT2D eigenvalue weighted by molar-refractivity contribution is -0.147. The molecule has 2 aliphatic rings. The Balaban J connectivity index is 0.000000281. The number of rotatable bonds is 17. The molecular formula is C40H59BrN2O6. The molecule has 2 aliphatic heterocycles. The largest absolute Gasteiger partial charge is 0.468 e. The maximum absolute atomic E-state index is 12.3. The average Bonchev–Trinajstić information content (AvgIpc) is 3.81. The normalized spacial score (nSPS) is 18.2. The van der Waals surface area contributed by atoms with E-state index in [0.29, 0.717) is 18.1 Å². The molecule has 8 nitrogen and oxygen atoms in total. The first-order valence-electron chi connectivity index (χ1n) is 18.0. The van der Waals surface area contributed by atoms with Crippen LogP contribution in [0.2, 0.25) is 0 Å². The number of carbonyl (C=O) groups excluding carboxylic acids is 4. The number of carbonyl (C=O) groups is 4. The van der Waals surface area contributed by atoms with Gasteiger partial charge in [0.1, 0.15) is 22.4 Å². The van der Waals surface area contributed by atoms with E-state index in [1.807, 2.05) is 60.7 Å². The highest BCUT2D eigenvalue weighted by atomic mass is 79.9. The molecule has 0 spiro atoms. The Morgan fingerprint density at radius 2 is 1.27 bits per heavy atom.